The summed E-state index contributed by atoms with van der Waals surface area (Å²) in [6.45, 7) is 4.95. The first kappa shape index (κ1) is 22.5. The molecule has 2 rings (SSSR count). The van der Waals surface area contributed by atoms with Crippen molar-refractivity contribution in [2.24, 2.45) is 4.99 Å². The fraction of sp³-hybridized carbons (Fsp3) is 0.316. The normalized spacial score (nSPS) is 13.2. The van der Waals surface area contributed by atoms with Gasteiger partial charge >= 0.3 is 0 Å². The first-order valence-electron chi connectivity index (χ1n) is 8.79. The average Bonchev–Trinajstić information content (AvgIpc) is 2.66. The van der Waals surface area contributed by atoms with Gasteiger partial charge in [-0.25, -0.2) is 18.1 Å². The van der Waals surface area contributed by atoms with Crippen LogP contribution in [0.3, 0.4) is 0 Å². The van der Waals surface area contributed by atoms with E-state index in [0.717, 1.165) is 11.1 Å². The zero-order valence-electron chi connectivity index (χ0n) is 16.0. The molecule has 0 heterocycles. The van der Waals surface area contributed by atoms with Crippen molar-refractivity contribution < 1.29 is 8.42 Å². The standard InChI is InChI=1S/C19H24Cl2N4O2S/c1-4-23-19(25-13(2)17-9-8-15(20)11-18(17)21)24-12-14-6-5-7-16(10-14)28(26,27)22-3/h5-11,13,22H,4,12H2,1-3H3,(H2,23,24,25). The van der Waals surface area contributed by atoms with Crippen molar-refractivity contribution in [2.75, 3.05) is 13.6 Å². The van der Waals surface area contributed by atoms with Crippen LogP contribution in [0.2, 0.25) is 10.0 Å². The van der Waals surface area contributed by atoms with Gasteiger partial charge in [0.25, 0.3) is 0 Å². The number of nitrogens with zero attached hydrogens (tertiary/aromatic N) is 1. The molecule has 1 unspecified atom stereocenters. The van der Waals surface area contributed by atoms with Crippen LogP contribution in [0.5, 0.6) is 0 Å². The van der Waals surface area contributed by atoms with Crippen molar-refractivity contribution in [3.8, 4) is 0 Å². The van der Waals surface area contributed by atoms with E-state index in [1.54, 1.807) is 30.3 Å². The van der Waals surface area contributed by atoms with Gasteiger partial charge in [0.05, 0.1) is 17.5 Å². The van der Waals surface area contributed by atoms with E-state index in [2.05, 4.69) is 20.3 Å². The topological polar surface area (TPSA) is 82.6 Å². The van der Waals surface area contributed by atoms with Crippen molar-refractivity contribution in [1.82, 2.24) is 15.4 Å². The lowest BCUT2D eigenvalue weighted by Gasteiger charge is -2.19. The molecule has 0 radical (unpaired) electrons. The minimum Gasteiger partial charge on any atom is -0.357 e. The predicted molar refractivity (Wildman–Crippen MR) is 116 cm³/mol. The summed E-state index contributed by atoms with van der Waals surface area (Å²) < 4.78 is 26.2. The lowest BCUT2D eigenvalue weighted by Crippen LogP contribution is -2.38. The van der Waals surface area contributed by atoms with Crippen molar-refractivity contribution in [2.45, 2.75) is 31.3 Å². The van der Waals surface area contributed by atoms with Gasteiger partial charge in [0.15, 0.2) is 5.96 Å². The summed E-state index contributed by atoms with van der Waals surface area (Å²) in [5.74, 6) is 0.600. The van der Waals surface area contributed by atoms with Crippen molar-refractivity contribution in [3.63, 3.8) is 0 Å². The van der Waals surface area contributed by atoms with Crippen LogP contribution in [0.4, 0.5) is 0 Å². The lowest BCUT2D eigenvalue weighted by molar-refractivity contribution is 0.588. The molecule has 0 aliphatic heterocycles. The largest absolute Gasteiger partial charge is 0.357 e. The number of rotatable bonds is 7. The van der Waals surface area contributed by atoms with Gasteiger partial charge in [0.1, 0.15) is 0 Å². The predicted octanol–water partition coefficient (Wildman–Crippen LogP) is 3.72. The number of nitrogens with one attached hydrogen (secondary N) is 3. The van der Waals surface area contributed by atoms with Crippen molar-refractivity contribution in [3.05, 3.63) is 63.6 Å². The molecule has 152 valence electrons. The molecule has 0 aromatic heterocycles. The Labute approximate surface area is 176 Å². The molecule has 2 aromatic rings. The summed E-state index contributed by atoms with van der Waals surface area (Å²) in [5, 5.41) is 7.64. The number of hydrogen-bond acceptors (Lipinski definition) is 3. The van der Waals surface area contributed by atoms with Gasteiger partial charge in [0, 0.05) is 16.6 Å². The minimum absolute atomic E-state index is 0.0985. The molecule has 0 amide bonds. The van der Waals surface area contributed by atoms with Crippen LogP contribution in [0, 0.1) is 0 Å². The fourth-order valence-corrected chi connectivity index (χ4v) is 3.93. The van der Waals surface area contributed by atoms with Crippen LogP contribution in [-0.4, -0.2) is 28.0 Å². The Bertz CT molecular complexity index is 949. The quantitative estimate of drug-likeness (QED) is 0.450. The van der Waals surface area contributed by atoms with Gasteiger partial charge in [-0.3, -0.25) is 0 Å². The summed E-state index contributed by atoms with van der Waals surface area (Å²) in [5.41, 5.74) is 1.68. The Morgan fingerprint density at radius 3 is 2.57 bits per heavy atom. The molecule has 3 N–H and O–H groups in total. The summed E-state index contributed by atoms with van der Waals surface area (Å²) in [6, 6.07) is 12.0. The summed E-state index contributed by atoms with van der Waals surface area (Å²) in [7, 11) is -2.10. The van der Waals surface area contributed by atoms with Gasteiger partial charge in [-0.2, -0.15) is 0 Å². The van der Waals surface area contributed by atoms with E-state index >= 15 is 0 Å². The van der Waals surface area contributed by atoms with Crippen LogP contribution in [-0.2, 0) is 16.6 Å². The van der Waals surface area contributed by atoms with E-state index in [1.165, 1.54) is 7.05 Å². The van der Waals surface area contributed by atoms with E-state index < -0.39 is 10.0 Å². The van der Waals surface area contributed by atoms with E-state index in [0.29, 0.717) is 29.1 Å². The summed E-state index contributed by atoms with van der Waals surface area (Å²) >= 11 is 12.2. The third-order valence-electron chi connectivity index (χ3n) is 4.02. The Balaban J connectivity index is 2.17. The molecule has 0 saturated carbocycles. The molecule has 0 bridgehead atoms. The smallest absolute Gasteiger partial charge is 0.240 e. The van der Waals surface area contributed by atoms with Crippen LogP contribution < -0.4 is 15.4 Å². The summed E-state index contributed by atoms with van der Waals surface area (Å²) in [4.78, 5) is 4.77. The highest BCUT2D eigenvalue weighted by atomic mass is 35.5. The molecule has 2 aromatic carbocycles. The molecule has 9 heteroatoms. The van der Waals surface area contributed by atoms with Gasteiger partial charge < -0.3 is 10.6 Å². The second-order valence-electron chi connectivity index (χ2n) is 6.08. The molecule has 0 fully saturated rings. The Morgan fingerprint density at radius 2 is 1.93 bits per heavy atom. The Hall–Kier alpha value is -1.80. The molecule has 1 atom stereocenters. The second kappa shape index (κ2) is 10.1. The molecule has 0 spiro atoms. The van der Waals surface area contributed by atoms with Gasteiger partial charge in [-0.15, -0.1) is 0 Å². The minimum atomic E-state index is -3.49. The zero-order valence-corrected chi connectivity index (χ0v) is 18.3. The first-order valence-corrected chi connectivity index (χ1v) is 11.0. The third-order valence-corrected chi connectivity index (χ3v) is 6.00. The number of sulfonamides is 1. The first-order chi connectivity index (χ1) is 13.3. The SMILES string of the molecule is CCNC(=NCc1cccc(S(=O)(=O)NC)c1)NC(C)c1ccc(Cl)cc1Cl. The molecule has 28 heavy (non-hydrogen) atoms. The second-order valence-corrected chi connectivity index (χ2v) is 8.81. The number of aliphatic imine (C=N–C) groups is 1. The van der Waals surface area contributed by atoms with E-state index in [-0.39, 0.29) is 10.9 Å². The molecule has 0 saturated heterocycles. The number of halogens is 2. The number of benzene rings is 2. The van der Waals surface area contributed by atoms with E-state index in [9.17, 15) is 8.42 Å². The average molecular weight is 443 g/mol. The highest BCUT2D eigenvalue weighted by molar-refractivity contribution is 7.89. The van der Waals surface area contributed by atoms with Crippen LogP contribution >= 0.6 is 23.2 Å². The molecular weight excluding hydrogens is 419 g/mol. The molecule has 0 aliphatic rings. The lowest BCUT2D eigenvalue weighted by atomic mass is 10.1. The maximum Gasteiger partial charge on any atom is 0.240 e. The third kappa shape index (κ3) is 6.10. The van der Waals surface area contributed by atoms with Gasteiger partial charge in [0.2, 0.25) is 10.0 Å². The monoisotopic (exact) mass is 442 g/mol. The van der Waals surface area contributed by atoms with Gasteiger partial charge in [-0.05, 0) is 56.3 Å². The Morgan fingerprint density at radius 1 is 1.18 bits per heavy atom. The van der Waals surface area contributed by atoms with Crippen LogP contribution in [0.15, 0.2) is 52.4 Å². The summed E-state index contributed by atoms with van der Waals surface area (Å²) in [6.07, 6.45) is 0. The maximum atomic E-state index is 12.0. The fourth-order valence-electron chi connectivity index (χ4n) is 2.55. The Kier molecular flexibility index (Phi) is 8.12. The van der Waals surface area contributed by atoms with Gasteiger partial charge in [-0.1, -0.05) is 41.4 Å². The van der Waals surface area contributed by atoms with Crippen molar-refractivity contribution >= 4 is 39.2 Å². The van der Waals surface area contributed by atoms with E-state index in [4.69, 9.17) is 23.2 Å². The van der Waals surface area contributed by atoms with Crippen molar-refractivity contribution in [1.29, 1.82) is 0 Å². The highest BCUT2D eigenvalue weighted by Crippen LogP contribution is 2.26. The van der Waals surface area contributed by atoms with Crippen LogP contribution in [0.25, 0.3) is 0 Å². The maximum absolute atomic E-state index is 12.0. The highest BCUT2D eigenvalue weighted by Gasteiger charge is 2.13. The number of guanidine groups is 1. The zero-order chi connectivity index (χ0) is 20.7. The molecular formula is C19H24Cl2N4O2S. The van der Waals surface area contributed by atoms with Crippen LogP contribution in [0.1, 0.15) is 31.0 Å². The molecule has 0 aliphatic carbocycles. The molecule has 6 nitrogen and oxygen atoms in total. The van der Waals surface area contributed by atoms with E-state index in [1.807, 2.05) is 26.0 Å². The number of hydrogen-bond donors (Lipinski definition) is 3.